The lowest BCUT2D eigenvalue weighted by Crippen LogP contribution is -2.32. The second kappa shape index (κ2) is 5.39. The molecule has 2 rings (SSSR count). The van der Waals surface area contributed by atoms with Crippen LogP contribution in [-0.2, 0) is 0 Å². The molecule has 1 fully saturated rings. The zero-order valence-electron chi connectivity index (χ0n) is 9.55. The van der Waals surface area contributed by atoms with Crippen LogP contribution >= 0.6 is 23.2 Å². The van der Waals surface area contributed by atoms with Crippen LogP contribution in [0.5, 0.6) is 0 Å². The molecule has 1 aliphatic heterocycles. The average Bonchev–Trinajstić information content (AvgIpc) is 2.33. The molecule has 3 heteroatoms. The Morgan fingerprint density at radius 3 is 2.44 bits per heavy atom. The number of piperidine rings is 1. The molecule has 0 aliphatic carbocycles. The first kappa shape index (κ1) is 12.2. The largest absolute Gasteiger partial charge is 0.304 e. The van der Waals surface area contributed by atoms with Gasteiger partial charge in [-0.25, -0.2) is 0 Å². The Labute approximate surface area is 107 Å². The molecule has 0 bridgehead atoms. The SMILES string of the molecule is CCN1CCC(c2ccc(Cl)c(Cl)c2)CC1. The average molecular weight is 258 g/mol. The molecule has 0 aromatic heterocycles. The summed E-state index contributed by atoms with van der Waals surface area (Å²) in [6.07, 6.45) is 2.46. The molecule has 0 spiro atoms. The van der Waals surface area contributed by atoms with Gasteiger partial charge in [-0.2, -0.15) is 0 Å². The van der Waals surface area contributed by atoms with E-state index in [1.807, 2.05) is 12.1 Å². The van der Waals surface area contributed by atoms with Gasteiger partial charge in [-0.1, -0.05) is 36.2 Å². The summed E-state index contributed by atoms with van der Waals surface area (Å²) in [5.41, 5.74) is 1.34. The van der Waals surface area contributed by atoms with E-state index in [1.54, 1.807) is 0 Å². The molecule has 16 heavy (non-hydrogen) atoms. The molecule has 1 aromatic rings. The third-order valence-electron chi connectivity index (χ3n) is 3.45. The van der Waals surface area contributed by atoms with Gasteiger partial charge in [0.05, 0.1) is 10.0 Å². The van der Waals surface area contributed by atoms with Gasteiger partial charge in [-0.15, -0.1) is 0 Å². The Hall–Kier alpha value is -0.240. The summed E-state index contributed by atoms with van der Waals surface area (Å²) < 4.78 is 0. The van der Waals surface area contributed by atoms with E-state index in [9.17, 15) is 0 Å². The van der Waals surface area contributed by atoms with Gasteiger partial charge in [0.15, 0.2) is 0 Å². The number of hydrogen-bond acceptors (Lipinski definition) is 1. The van der Waals surface area contributed by atoms with Gasteiger partial charge in [0.2, 0.25) is 0 Å². The van der Waals surface area contributed by atoms with E-state index in [0.29, 0.717) is 16.0 Å². The van der Waals surface area contributed by atoms with Gasteiger partial charge >= 0.3 is 0 Å². The highest BCUT2D eigenvalue weighted by molar-refractivity contribution is 6.42. The maximum absolute atomic E-state index is 6.05. The Kier molecular flexibility index (Phi) is 4.12. The number of halogens is 2. The third kappa shape index (κ3) is 2.71. The first-order valence-corrected chi connectivity index (χ1v) is 6.63. The van der Waals surface area contributed by atoms with E-state index in [2.05, 4.69) is 17.9 Å². The molecule has 1 aliphatic rings. The number of rotatable bonds is 2. The Bertz CT molecular complexity index is 357. The molecule has 1 nitrogen and oxygen atoms in total. The highest BCUT2D eigenvalue weighted by Gasteiger charge is 2.19. The fraction of sp³-hybridized carbons (Fsp3) is 0.538. The molecule has 88 valence electrons. The van der Waals surface area contributed by atoms with Gasteiger partial charge in [0.1, 0.15) is 0 Å². The van der Waals surface area contributed by atoms with E-state index in [0.717, 1.165) is 6.54 Å². The highest BCUT2D eigenvalue weighted by Crippen LogP contribution is 2.32. The first-order chi connectivity index (χ1) is 7.70. The summed E-state index contributed by atoms with van der Waals surface area (Å²) in [5, 5.41) is 1.33. The molecular weight excluding hydrogens is 241 g/mol. The lowest BCUT2D eigenvalue weighted by molar-refractivity contribution is 0.222. The van der Waals surface area contributed by atoms with Gasteiger partial charge < -0.3 is 4.90 Å². The summed E-state index contributed by atoms with van der Waals surface area (Å²) in [6.45, 7) is 5.77. The lowest BCUT2D eigenvalue weighted by Gasteiger charge is -2.31. The maximum atomic E-state index is 6.05. The summed E-state index contributed by atoms with van der Waals surface area (Å²) in [7, 11) is 0. The Morgan fingerprint density at radius 2 is 1.88 bits per heavy atom. The van der Waals surface area contributed by atoms with Crippen LogP contribution in [0, 0.1) is 0 Å². The number of benzene rings is 1. The standard InChI is InChI=1S/C13H17Cl2N/c1-2-16-7-5-10(6-8-16)11-3-4-12(14)13(15)9-11/h3-4,9-10H,2,5-8H2,1H3. The maximum Gasteiger partial charge on any atom is 0.0595 e. The number of nitrogens with zero attached hydrogens (tertiary/aromatic N) is 1. The van der Waals surface area contributed by atoms with Crippen LogP contribution in [0.3, 0.4) is 0 Å². The highest BCUT2D eigenvalue weighted by atomic mass is 35.5. The zero-order valence-corrected chi connectivity index (χ0v) is 11.1. The van der Waals surface area contributed by atoms with Crippen LogP contribution in [-0.4, -0.2) is 24.5 Å². The summed E-state index contributed by atoms with van der Waals surface area (Å²) >= 11 is 12.0. The summed E-state index contributed by atoms with van der Waals surface area (Å²) in [6, 6.07) is 6.04. The summed E-state index contributed by atoms with van der Waals surface area (Å²) in [5.74, 6) is 0.651. The van der Waals surface area contributed by atoms with Gasteiger partial charge in [0, 0.05) is 0 Å². The second-order valence-corrected chi connectivity index (χ2v) is 5.20. The predicted molar refractivity (Wildman–Crippen MR) is 70.6 cm³/mol. The topological polar surface area (TPSA) is 3.24 Å². The van der Waals surface area contributed by atoms with E-state index >= 15 is 0 Å². The van der Waals surface area contributed by atoms with Crippen LogP contribution in [0.1, 0.15) is 31.2 Å². The van der Waals surface area contributed by atoms with Crippen molar-refractivity contribution in [3.05, 3.63) is 33.8 Å². The van der Waals surface area contributed by atoms with Crippen molar-refractivity contribution in [3.8, 4) is 0 Å². The van der Waals surface area contributed by atoms with Crippen LogP contribution in [0.15, 0.2) is 18.2 Å². The minimum Gasteiger partial charge on any atom is -0.304 e. The third-order valence-corrected chi connectivity index (χ3v) is 4.19. The smallest absolute Gasteiger partial charge is 0.0595 e. The molecule has 0 atom stereocenters. The quantitative estimate of drug-likeness (QED) is 0.768. The fourth-order valence-electron chi connectivity index (χ4n) is 2.35. The second-order valence-electron chi connectivity index (χ2n) is 4.38. The molecule has 0 unspecified atom stereocenters. The van der Waals surface area contributed by atoms with Gasteiger partial charge in [0.25, 0.3) is 0 Å². The molecule has 0 N–H and O–H groups in total. The first-order valence-electron chi connectivity index (χ1n) is 5.88. The molecule has 1 aromatic carbocycles. The Balaban J connectivity index is 2.05. The van der Waals surface area contributed by atoms with Gasteiger partial charge in [-0.3, -0.25) is 0 Å². The van der Waals surface area contributed by atoms with Crippen molar-refractivity contribution in [2.45, 2.75) is 25.7 Å². The van der Waals surface area contributed by atoms with E-state index in [1.165, 1.54) is 31.5 Å². The van der Waals surface area contributed by atoms with Crippen LogP contribution < -0.4 is 0 Å². The van der Waals surface area contributed by atoms with E-state index < -0.39 is 0 Å². The molecule has 1 heterocycles. The van der Waals surface area contributed by atoms with Crippen molar-refractivity contribution in [2.75, 3.05) is 19.6 Å². The fourth-order valence-corrected chi connectivity index (χ4v) is 2.66. The minimum atomic E-state index is 0.649. The van der Waals surface area contributed by atoms with Crippen molar-refractivity contribution in [1.29, 1.82) is 0 Å². The van der Waals surface area contributed by atoms with Gasteiger partial charge in [-0.05, 0) is 56.1 Å². The Morgan fingerprint density at radius 1 is 1.19 bits per heavy atom. The van der Waals surface area contributed by atoms with E-state index in [-0.39, 0.29) is 0 Å². The van der Waals surface area contributed by atoms with Crippen LogP contribution in [0.25, 0.3) is 0 Å². The zero-order chi connectivity index (χ0) is 11.5. The molecule has 0 saturated carbocycles. The van der Waals surface area contributed by atoms with Crippen molar-refractivity contribution in [1.82, 2.24) is 4.90 Å². The predicted octanol–water partition coefficient (Wildman–Crippen LogP) is 4.19. The number of likely N-dealkylation sites (tertiary alicyclic amines) is 1. The van der Waals surface area contributed by atoms with Crippen molar-refractivity contribution >= 4 is 23.2 Å². The molecule has 0 radical (unpaired) electrons. The van der Waals surface area contributed by atoms with Crippen LogP contribution in [0.2, 0.25) is 10.0 Å². The molecular formula is C13H17Cl2N. The molecule has 1 saturated heterocycles. The van der Waals surface area contributed by atoms with Crippen molar-refractivity contribution < 1.29 is 0 Å². The normalized spacial score (nSPS) is 18.9. The van der Waals surface area contributed by atoms with Crippen LogP contribution in [0.4, 0.5) is 0 Å². The summed E-state index contributed by atoms with van der Waals surface area (Å²) in [4.78, 5) is 2.49. The van der Waals surface area contributed by atoms with Crippen molar-refractivity contribution in [3.63, 3.8) is 0 Å². The molecule has 0 amide bonds. The minimum absolute atomic E-state index is 0.649. The van der Waals surface area contributed by atoms with E-state index in [4.69, 9.17) is 23.2 Å². The lowest BCUT2D eigenvalue weighted by atomic mass is 9.89. The number of hydrogen-bond donors (Lipinski definition) is 0. The van der Waals surface area contributed by atoms with Crippen molar-refractivity contribution in [2.24, 2.45) is 0 Å². The monoisotopic (exact) mass is 257 g/mol.